The van der Waals surface area contributed by atoms with Crippen LogP contribution in [0.15, 0.2) is 34.1 Å². The second-order valence-electron chi connectivity index (χ2n) is 5.01. The fourth-order valence-electron chi connectivity index (χ4n) is 2.75. The van der Waals surface area contributed by atoms with Crippen LogP contribution in [0.5, 0.6) is 0 Å². The molecule has 3 rings (SSSR count). The van der Waals surface area contributed by atoms with E-state index in [-0.39, 0.29) is 6.04 Å². The number of hydrogen-bond donors (Lipinski definition) is 1. The number of hydrogen-bond acceptors (Lipinski definition) is 3. The molecule has 0 spiro atoms. The lowest BCUT2D eigenvalue weighted by Crippen LogP contribution is -2.37. The van der Waals surface area contributed by atoms with Crippen LogP contribution in [0.1, 0.15) is 22.0 Å². The van der Waals surface area contributed by atoms with Crippen molar-refractivity contribution in [2.45, 2.75) is 19.0 Å². The van der Waals surface area contributed by atoms with Gasteiger partial charge in [-0.1, -0.05) is 17.7 Å². The molecule has 5 heteroatoms. The zero-order chi connectivity index (χ0) is 14.1. The lowest BCUT2D eigenvalue weighted by molar-refractivity contribution is 0.185. The zero-order valence-corrected chi connectivity index (χ0v) is 14.1. The molecule has 0 fully saturated rings. The summed E-state index contributed by atoms with van der Waals surface area (Å²) in [6, 6.07) is 8.59. The molecule has 0 radical (unpaired) electrons. The second-order valence-corrected chi connectivity index (χ2v) is 7.28. The van der Waals surface area contributed by atoms with Crippen molar-refractivity contribution in [2.75, 3.05) is 13.1 Å². The van der Waals surface area contributed by atoms with E-state index in [1.165, 1.54) is 16.0 Å². The first kappa shape index (κ1) is 14.5. The standard InChI is InChI=1S/C15H16BrClN2S/c16-12-2-1-10(7-13(12)17)14(8-18)19-5-3-15-11(9-19)4-6-20-15/h1-2,4,6-7,14H,3,5,8-9,18H2. The molecule has 0 saturated carbocycles. The molecule has 106 valence electrons. The Morgan fingerprint density at radius 3 is 3.00 bits per heavy atom. The van der Waals surface area contributed by atoms with Gasteiger partial charge in [-0.2, -0.15) is 0 Å². The molecule has 2 N–H and O–H groups in total. The van der Waals surface area contributed by atoms with Gasteiger partial charge in [0.2, 0.25) is 0 Å². The molecule has 0 amide bonds. The van der Waals surface area contributed by atoms with Crippen LogP contribution in [0.3, 0.4) is 0 Å². The van der Waals surface area contributed by atoms with Gasteiger partial charge in [0.1, 0.15) is 0 Å². The van der Waals surface area contributed by atoms with Gasteiger partial charge in [0, 0.05) is 35.0 Å². The molecule has 2 nitrogen and oxygen atoms in total. The largest absolute Gasteiger partial charge is 0.329 e. The summed E-state index contributed by atoms with van der Waals surface area (Å²) in [5, 5.41) is 2.93. The fraction of sp³-hybridized carbons (Fsp3) is 0.333. The first-order valence-electron chi connectivity index (χ1n) is 6.63. The molecule has 1 aliphatic rings. The maximum Gasteiger partial charge on any atom is 0.0551 e. The third kappa shape index (κ3) is 2.81. The Labute approximate surface area is 136 Å². The van der Waals surface area contributed by atoms with Crippen LogP contribution < -0.4 is 5.73 Å². The van der Waals surface area contributed by atoms with Crippen molar-refractivity contribution in [3.05, 3.63) is 55.1 Å². The molecule has 1 aromatic heterocycles. The molecule has 0 bridgehead atoms. The van der Waals surface area contributed by atoms with E-state index in [1.54, 1.807) is 0 Å². The monoisotopic (exact) mass is 370 g/mol. The summed E-state index contributed by atoms with van der Waals surface area (Å²) in [6.07, 6.45) is 1.12. The normalized spacial score (nSPS) is 16.9. The van der Waals surface area contributed by atoms with Crippen molar-refractivity contribution in [3.8, 4) is 0 Å². The van der Waals surface area contributed by atoms with E-state index in [0.717, 1.165) is 29.0 Å². The van der Waals surface area contributed by atoms with E-state index >= 15 is 0 Å². The summed E-state index contributed by atoms with van der Waals surface area (Å²) < 4.78 is 0.928. The van der Waals surface area contributed by atoms with Gasteiger partial charge in [-0.25, -0.2) is 0 Å². The fourth-order valence-corrected chi connectivity index (χ4v) is 4.08. The van der Waals surface area contributed by atoms with Gasteiger partial charge < -0.3 is 5.73 Å². The van der Waals surface area contributed by atoms with Crippen LogP contribution >= 0.6 is 38.9 Å². The molecule has 2 aromatic rings. The van der Waals surface area contributed by atoms with Crippen LogP contribution in [0, 0.1) is 0 Å². The number of benzene rings is 1. The average molecular weight is 372 g/mol. The molecular formula is C15H16BrClN2S. The van der Waals surface area contributed by atoms with Crippen molar-refractivity contribution in [1.82, 2.24) is 4.90 Å². The van der Waals surface area contributed by atoms with Crippen LogP contribution in [0.4, 0.5) is 0 Å². The van der Waals surface area contributed by atoms with E-state index in [1.807, 2.05) is 23.5 Å². The Morgan fingerprint density at radius 1 is 1.40 bits per heavy atom. The highest BCUT2D eigenvalue weighted by molar-refractivity contribution is 9.10. The topological polar surface area (TPSA) is 29.3 Å². The maximum atomic E-state index is 6.21. The Morgan fingerprint density at radius 2 is 2.25 bits per heavy atom. The molecule has 1 unspecified atom stereocenters. The molecule has 1 atom stereocenters. The molecule has 0 saturated heterocycles. The summed E-state index contributed by atoms with van der Waals surface area (Å²) in [4.78, 5) is 3.97. The minimum absolute atomic E-state index is 0.230. The van der Waals surface area contributed by atoms with E-state index < -0.39 is 0 Å². The minimum atomic E-state index is 0.230. The molecule has 1 aliphatic heterocycles. The van der Waals surface area contributed by atoms with Crippen LogP contribution in [-0.4, -0.2) is 18.0 Å². The van der Waals surface area contributed by atoms with Gasteiger partial charge in [0.25, 0.3) is 0 Å². The summed E-state index contributed by atoms with van der Waals surface area (Å²) >= 11 is 11.5. The molecule has 20 heavy (non-hydrogen) atoms. The van der Waals surface area contributed by atoms with Gasteiger partial charge in [-0.3, -0.25) is 4.90 Å². The predicted molar refractivity (Wildman–Crippen MR) is 89.4 cm³/mol. The number of nitrogens with zero attached hydrogens (tertiary/aromatic N) is 1. The first-order valence-corrected chi connectivity index (χ1v) is 8.68. The zero-order valence-electron chi connectivity index (χ0n) is 11.0. The van der Waals surface area contributed by atoms with Crippen molar-refractivity contribution in [3.63, 3.8) is 0 Å². The number of fused-ring (bicyclic) bond motifs is 1. The van der Waals surface area contributed by atoms with Gasteiger partial charge in [0.15, 0.2) is 0 Å². The van der Waals surface area contributed by atoms with Crippen molar-refractivity contribution < 1.29 is 0 Å². The summed E-state index contributed by atoms with van der Waals surface area (Å²) in [7, 11) is 0. The molecule has 2 heterocycles. The van der Waals surface area contributed by atoms with Gasteiger partial charge >= 0.3 is 0 Å². The quantitative estimate of drug-likeness (QED) is 0.875. The van der Waals surface area contributed by atoms with E-state index in [4.69, 9.17) is 17.3 Å². The predicted octanol–water partition coefficient (Wildman–Crippen LogP) is 4.22. The highest BCUT2D eigenvalue weighted by atomic mass is 79.9. The Bertz CT molecular complexity index is 614. The summed E-state index contributed by atoms with van der Waals surface area (Å²) in [5.74, 6) is 0. The van der Waals surface area contributed by atoms with Crippen molar-refractivity contribution in [2.24, 2.45) is 5.73 Å². The number of nitrogens with two attached hydrogens (primary N) is 1. The highest BCUT2D eigenvalue weighted by Gasteiger charge is 2.24. The van der Waals surface area contributed by atoms with Crippen molar-refractivity contribution in [1.29, 1.82) is 0 Å². The van der Waals surface area contributed by atoms with Crippen LogP contribution in [0.25, 0.3) is 0 Å². The summed E-state index contributed by atoms with van der Waals surface area (Å²) in [5.41, 5.74) is 8.67. The summed E-state index contributed by atoms with van der Waals surface area (Å²) in [6.45, 7) is 2.65. The van der Waals surface area contributed by atoms with Gasteiger partial charge in [0.05, 0.1) is 5.02 Å². The lowest BCUT2D eigenvalue weighted by atomic mass is 10.0. The maximum absolute atomic E-state index is 6.21. The lowest BCUT2D eigenvalue weighted by Gasteiger charge is -2.34. The van der Waals surface area contributed by atoms with Gasteiger partial charge in [-0.05, 0) is 57.1 Å². The molecule has 1 aromatic carbocycles. The average Bonchev–Trinajstić information content (AvgIpc) is 2.91. The van der Waals surface area contributed by atoms with Crippen LogP contribution in [-0.2, 0) is 13.0 Å². The van der Waals surface area contributed by atoms with E-state index in [0.29, 0.717) is 6.54 Å². The Kier molecular flexibility index (Phi) is 4.48. The minimum Gasteiger partial charge on any atom is -0.329 e. The second kappa shape index (κ2) is 6.16. The SMILES string of the molecule is NCC(c1ccc(Br)c(Cl)c1)N1CCc2sccc2C1. The smallest absolute Gasteiger partial charge is 0.0551 e. The molecular weight excluding hydrogens is 356 g/mol. The third-order valence-electron chi connectivity index (χ3n) is 3.83. The number of halogens is 2. The number of thiophene rings is 1. The van der Waals surface area contributed by atoms with Crippen LogP contribution in [0.2, 0.25) is 5.02 Å². The Hall–Kier alpha value is -0.390. The van der Waals surface area contributed by atoms with Gasteiger partial charge in [-0.15, -0.1) is 11.3 Å². The van der Waals surface area contributed by atoms with E-state index in [9.17, 15) is 0 Å². The Balaban J connectivity index is 1.85. The number of rotatable bonds is 3. The van der Waals surface area contributed by atoms with E-state index in [2.05, 4.69) is 38.3 Å². The first-order chi connectivity index (χ1) is 9.69. The third-order valence-corrected chi connectivity index (χ3v) is 6.09. The molecule has 0 aliphatic carbocycles. The highest BCUT2D eigenvalue weighted by Crippen LogP contribution is 2.32. The van der Waals surface area contributed by atoms with Crippen molar-refractivity contribution >= 4 is 38.9 Å².